The Balaban J connectivity index is 1.74. The first-order chi connectivity index (χ1) is 8.25. The fraction of sp³-hybridized carbons (Fsp3) is 0.417. The standard InChI is InChI=1S/C12H15NO4/c14-11-10(6-7-16-11)13-12(15)17-8-9-4-2-1-3-5-9/h1-5,10,12-13,15H,6-8H2/t10-,12?/m0/s1. The van der Waals surface area contributed by atoms with Crippen LogP contribution in [-0.4, -0.2) is 30.1 Å². The zero-order chi connectivity index (χ0) is 12.1. The van der Waals surface area contributed by atoms with E-state index in [9.17, 15) is 9.90 Å². The van der Waals surface area contributed by atoms with Gasteiger partial charge in [0, 0.05) is 6.42 Å². The lowest BCUT2D eigenvalue weighted by molar-refractivity contribution is -0.151. The van der Waals surface area contributed by atoms with Crippen molar-refractivity contribution in [1.29, 1.82) is 0 Å². The molecule has 1 saturated heterocycles. The van der Waals surface area contributed by atoms with Crippen molar-refractivity contribution in [3.05, 3.63) is 35.9 Å². The topological polar surface area (TPSA) is 67.8 Å². The van der Waals surface area contributed by atoms with Crippen LogP contribution in [0.15, 0.2) is 30.3 Å². The predicted octanol–water partition coefficient (Wildman–Crippen LogP) is 0.384. The first-order valence-corrected chi connectivity index (χ1v) is 5.52. The Morgan fingerprint density at radius 3 is 2.88 bits per heavy atom. The molecular formula is C12H15NO4. The van der Waals surface area contributed by atoms with E-state index >= 15 is 0 Å². The number of nitrogens with one attached hydrogen (secondary N) is 1. The molecule has 0 aromatic heterocycles. The van der Waals surface area contributed by atoms with Crippen LogP contribution in [0.25, 0.3) is 0 Å². The lowest BCUT2D eigenvalue weighted by atomic mass is 10.2. The summed E-state index contributed by atoms with van der Waals surface area (Å²) in [4.78, 5) is 11.1. The summed E-state index contributed by atoms with van der Waals surface area (Å²) in [6.45, 7) is 0.679. The van der Waals surface area contributed by atoms with Gasteiger partial charge in [0.1, 0.15) is 6.04 Å². The van der Waals surface area contributed by atoms with Crippen molar-refractivity contribution < 1.29 is 19.4 Å². The predicted molar refractivity (Wildman–Crippen MR) is 59.7 cm³/mol. The van der Waals surface area contributed by atoms with Gasteiger partial charge in [-0.3, -0.25) is 10.1 Å². The molecule has 5 heteroatoms. The lowest BCUT2D eigenvalue weighted by Gasteiger charge is -2.16. The molecule has 0 radical (unpaired) electrons. The van der Waals surface area contributed by atoms with Gasteiger partial charge in [-0.2, -0.15) is 0 Å². The molecule has 1 unspecified atom stereocenters. The number of carbonyl (C=O) groups excluding carboxylic acids is 1. The van der Waals surface area contributed by atoms with Crippen molar-refractivity contribution in [2.45, 2.75) is 25.5 Å². The second-order valence-corrected chi connectivity index (χ2v) is 3.82. The summed E-state index contributed by atoms with van der Waals surface area (Å²) in [6.07, 6.45) is -0.601. The van der Waals surface area contributed by atoms with Gasteiger partial charge in [-0.1, -0.05) is 30.3 Å². The van der Waals surface area contributed by atoms with Gasteiger partial charge in [0.05, 0.1) is 13.2 Å². The highest BCUT2D eigenvalue weighted by Crippen LogP contribution is 2.07. The maximum atomic E-state index is 11.1. The van der Waals surface area contributed by atoms with Crippen molar-refractivity contribution >= 4 is 5.97 Å². The maximum Gasteiger partial charge on any atom is 0.323 e. The molecule has 0 aliphatic carbocycles. The van der Waals surface area contributed by atoms with Gasteiger partial charge in [0.25, 0.3) is 0 Å². The Morgan fingerprint density at radius 1 is 1.47 bits per heavy atom. The minimum absolute atomic E-state index is 0.288. The fourth-order valence-corrected chi connectivity index (χ4v) is 1.62. The van der Waals surface area contributed by atoms with Gasteiger partial charge in [-0.05, 0) is 5.56 Å². The zero-order valence-corrected chi connectivity index (χ0v) is 9.33. The molecule has 0 spiro atoms. The van der Waals surface area contributed by atoms with E-state index in [0.29, 0.717) is 13.0 Å². The largest absolute Gasteiger partial charge is 0.464 e. The molecule has 5 nitrogen and oxygen atoms in total. The molecule has 0 bridgehead atoms. The van der Waals surface area contributed by atoms with Crippen LogP contribution in [0.3, 0.4) is 0 Å². The lowest BCUT2D eigenvalue weighted by Crippen LogP contribution is -2.42. The number of carbonyl (C=O) groups is 1. The third-order valence-electron chi connectivity index (χ3n) is 2.53. The molecule has 1 aromatic rings. The van der Waals surface area contributed by atoms with E-state index in [1.807, 2.05) is 30.3 Å². The second-order valence-electron chi connectivity index (χ2n) is 3.82. The third kappa shape index (κ3) is 3.52. The van der Waals surface area contributed by atoms with Gasteiger partial charge >= 0.3 is 5.97 Å². The van der Waals surface area contributed by atoms with Gasteiger partial charge in [0.2, 0.25) is 6.41 Å². The highest BCUT2D eigenvalue weighted by Gasteiger charge is 2.28. The molecule has 0 saturated carbocycles. The number of hydrogen-bond acceptors (Lipinski definition) is 5. The van der Waals surface area contributed by atoms with Crippen molar-refractivity contribution in [1.82, 2.24) is 5.32 Å². The van der Waals surface area contributed by atoms with Crippen molar-refractivity contribution in [3.63, 3.8) is 0 Å². The molecule has 1 aromatic carbocycles. The number of rotatable bonds is 5. The van der Waals surface area contributed by atoms with Gasteiger partial charge in [0.15, 0.2) is 0 Å². The number of ether oxygens (including phenoxy) is 2. The highest BCUT2D eigenvalue weighted by molar-refractivity contribution is 5.77. The molecule has 1 aliphatic heterocycles. The number of benzene rings is 1. The summed E-state index contributed by atoms with van der Waals surface area (Å²) >= 11 is 0. The number of cyclic esters (lactones) is 1. The number of aliphatic hydroxyl groups excluding tert-OH is 1. The molecule has 1 aliphatic rings. The van der Waals surface area contributed by atoms with Crippen LogP contribution in [0.4, 0.5) is 0 Å². The quantitative estimate of drug-likeness (QED) is 0.572. The fourth-order valence-electron chi connectivity index (χ4n) is 1.62. The first kappa shape index (κ1) is 12.0. The van der Waals surface area contributed by atoms with E-state index in [-0.39, 0.29) is 12.6 Å². The molecule has 2 atom stereocenters. The van der Waals surface area contributed by atoms with E-state index in [1.54, 1.807) is 0 Å². The normalized spacial score (nSPS) is 21.2. The average Bonchev–Trinajstić information content (AvgIpc) is 2.74. The van der Waals surface area contributed by atoms with E-state index < -0.39 is 12.5 Å². The summed E-state index contributed by atoms with van der Waals surface area (Å²) in [5.41, 5.74) is 0.961. The Hall–Kier alpha value is -1.43. The van der Waals surface area contributed by atoms with E-state index in [0.717, 1.165) is 5.56 Å². The van der Waals surface area contributed by atoms with Crippen molar-refractivity contribution in [3.8, 4) is 0 Å². The van der Waals surface area contributed by atoms with Crippen LogP contribution in [0, 0.1) is 0 Å². The van der Waals surface area contributed by atoms with E-state index in [2.05, 4.69) is 5.32 Å². The number of aliphatic hydroxyl groups is 1. The average molecular weight is 237 g/mol. The number of hydrogen-bond donors (Lipinski definition) is 2. The Bertz CT molecular complexity index is 368. The van der Waals surface area contributed by atoms with Crippen LogP contribution in [0.2, 0.25) is 0 Å². The minimum Gasteiger partial charge on any atom is -0.464 e. The van der Waals surface area contributed by atoms with Crippen molar-refractivity contribution in [2.24, 2.45) is 0 Å². The Morgan fingerprint density at radius 2 is 2.24 bits per heavy atom. The molecule has 1 heterocycles. The monoisotopic (exact) mass is 237 g/mol. The zero-order valence-electron chi connectivity index (χ0n) is 9.33. The third-order valence-corrected chi connectivity index (χ3v) is 2.53. The van der Waals surface area contributed by atoms with Crippen molar-refractivity contribution in [2.75, 3.05) is 6.61 Å². The minimum atomic E-state index is -1.16. The molecule has 2 N–H and O–H groups in total. The van der Waals surface area contributed by atoms with E-state index in [4.69, 9.17) is 9.47 Å². The van der Waals surface area contributed by atoms with E-state index in [1.165, 1.54) is 0 Å². The van der Waals surface area contributed by atoms with Crippen LogP contribution < -0.4 is 5.32 Å². The molecule has 1 fully saturated rings. The smallest absolute Gasteiger partial charge is 0.323 e. The SMILES string of the molecule is O=C1OCC[C@@H]1NC(O)OCc1ccccc1. The second kappa shape index (κ2) is 5.77. The molecule has 2 rings (SSSR count). The summed E-state index contributed by atoms with van der Waals surface area (Å²) in [7, 11) is 0. The maximum absolute atomic E-state index is 11.1. The summed E-state index contributed by atoms with van der Waals surface area (Å²) in [5.74, 6) is -0.340. The molecule has 0 amide bonds. The summed E-state index contributed by atoms with van der Waals surface area (Å²) in [5, 5.41) is 12.2. The molecule has 92 valence electrons. The first-order valence-electron chi connectivity index (χ1n) is 5.52. The number of esters is 1. The van der Waals surface area contributed by atoms with Gasteiger partial charge in [-0.25, -0.2) is 0 Å². The highest BCUT2D eigenvalue weighted by atomic mass is 16.6. The molecular weight excluding hydrogens is 222 g/mol. The molecule has 17 heavy (non-hydrogen) atoms. The Labute approximate surface area is 99.3 Å². The Kier molecular flexibility index (Phi) is 4.08. The summed E-state index contributed by atoms with van der Waals surface area (Å²) < 4.78 is 9.94. The summed E-state index contributed by atoms with van der Waals surface area (Å²) in [6, 6.07) is 9.03. The van der Waals surface area contributed by atoms with Gasteiger partial charge in [-0.15, -0.1) is 0 Å². The van der Waals surface area contributed by atoms with Crippen LogP contribution in [-0.2, 0) is 20.9 Å². The van der Waals surface area contributed by atoms with Crippen LogP contribution in [0.5, 0.6) is 0 Å². The van der Waals surface area contributed by atoms with Crippen LogP contribution >= 0.6 is 0 Å². The van der Waals surface area contributed by atoms with Crippen LogP contribution in [0.1, 0.15) is 12.0 Å². The van der Waals surface area contributed by atoms with Gasteiger partial charge < -0.3 is 14.6 Å².